The summed E-state index contributed by atoms with van der Waals surface area (Å²) in [6.07, 6.45) is 4.62. The highest BCUT2D eigenvalue weighted by molar-refractivity contribution is 5.90. The number of hydrogen-bond donors (Lipinski definition) is 4. The SMILES string of the molecule is Cc1ccc(OCCC2CCCNC2)cc1CNC(=O)[C@H](CCc1ccccc1)NC(=O)C(C)(C)CC(C)(C)C(=O)O. The highest BCUT2D eigenvalue weighted by Crippen LogP contribution is 2.34. The molecule has 1 aliphatic rings. The molecule has 2 aromatic carbocycles. The van der Waals surface area contributed by atoms with Gasteiger partial charge in [-0.05, 0) is 107 Å². The van der Waals surface area contributed by atoms with E-state index in [1.807, 2.05) is 55.5 Å². The molecule has 0 spiro atoms. The summed E-state index contributed by atoms with van der Waals surface area (Å²) in [7, 11) is 0. The quantitative estimate of drug-likeness (QED) is 0.235. The van der Waals surface area contributed by atoms with E-state index >= 15 is 0 Å². The first-order valence-electron chi connectivity index (χ1n) is 15.2. The van der Waals surface area contributed by atoms with Crippen LogP contribution in [0.25, 0.3) is 0 Å². The first-order chi connectivity index (χ1) is 19.9. The largest absolute Gasteiger partial charge is 0.494 e. The standard InChI is InChI=1S/C34H49N3O5/c1-24-13-15-28(42-19-17-26-12-9-18-35-21-26)20-27(24)22-36-30(38)29(16-14-25-10-7-6-8-11-25)37-31(39)33(2,3)23-34(4,5)32(40)41/h6-8,10-11,13,15,20,26,29,35H,9,12,14,16-19,21-23H2,1-5H3,(H,36,38)(H,37,39)(H,40,41)/t26?,29-/m0/s1. The van der Waals surface area contributed by atoms with E-state index in [1.165, 1.54) is 12.8 Å². The van der Waals surface area contributed by atoms with Gasteiger partial charge in [-0.1, -0.05) is 50.2 Å². The van der Waals surface area contributed by atoms with Gasteiger partial charge in [0, 0.05) is 12.0 Å². The van der Waals surface area contributed by atoms with Crippen molar-refractivity contribution >= 4 is 17.8 Å². The third-order valence-corrected chi connectivity index (χ3v) is 8.23. The topological polar surface area (TPSA) is 117 Å². The van der Waals surface area contributed by atoms with E-state index in [2.05, 4.69) is 16.0 Å². The van der Waals surface area contributed by atoms with Crippen molar-refractivity contribution in [2.75, 3.05) is 19.7 Å². The highest BCUT2D eigenvalue weighted by atomic mass is 16.5. The van der Waals surface area contributed by atoms with Crippen molar-refractivity contribution in [3.8, 4) is 5.75 Å². The maximum Gasteiger partial charge on any atom is 0.309 e. The molecule has 230 valence electrons. The summed E-state index contributed by atoms with van der Waals surface area (Å²) in [5.41, 5.74) is 1.00. The molecule has 2 amide bonds. The van der Waals surface area contributed by atoms with Crippen molar-refractivity contribution < 1.29 is 24.2 Å². The van der Waals surface area contributed by atoms with Gasteiger partial charge in [-0.15, -0.1) is 0 Å². The monoisotopic (exact) mass is 579 g/mol. The third-order valence-electron chi connectivity index (χ3n) is 8.23. The molecule has 0 saturated carbocycles. The fourth-order valence-electron chi connectivity index (χ4n) is 5.59. The Labute approximate surface area is 251 Å². The lowest BCUT2D eigenvalue weighted by Gasteiger charge is -2.32. The summed E-state index contributed by atoms with van der Waals surface area (Å²) in [6.45, 7) is 11.8. The predicted octanol–water partition coefficient (Wildman–Crippen LogP) is 5.02. The van der Waals surface area contributed by atoms with Gasteiger partial charge in [0.05, 0.1) is 12.0 Å². The second-order valence-corrected chi connectivity index (χ2v) is 13.0. The lowest BCUT2D eigenvalue weighted by molar-refractivity contribution is -0.150. The van der Waals surface area contributed by atoms with Gasteiger partial charge in [-0.2, -0.15) is 0 Å². The molecule has 0 aromatic heterocycles. The van der Waals surface area contributed by atoms with Crippen LogP contribution in [0.4, 0.5) is 0 Å². The van der Waals surface area contributed by atoms with Crippen LogP contribution in [0.3, 0.4) is 0 Å². The van der Waals surface area contributed by atoms with E-state index in [4.69, 9.17) is 4.74 Å². The highest BCUT2D eigenvalue weighted by Gasteiger charge is 2.40. The first-order valence-corrected chi connectivity index (χ1v) is 15.2. The van der Waals surface area contributed by atoms with Gasteiger partial charge < -0.3 is 25.8 Å². The zero-order valence-electron chi connectivity index (χ0n) is 25.9. The second-order valence-electron chi connectivity index (χ2n) is 13.0. The van der Waals surface area contributed by atoms with Crippen molar-refractivity contribution in [3.63, 3.8) is 0 Å². The molecule has 1 aliphatic heterocycles. The number of nitrogens with one attached hydrogen (secondary N) is 3. The van der Waals surface area contributed by atoms with E-state index in [0.717, 1.165) is 42.0 Å². The summed E-state index contributed by atoms with van der Waals surface area (Å²) in [5, 5.41) is 19.0. The molecule has 1 heterocycles. The number of piperidine rings is 1. The fourth-order valence-corrected chi connectivity index (χ4v) is 5.59. The molecule has 8 heteroatoms. The van der Waals surface area contributed by atoms with Crippen LogP contribution in [-0.4, -0.2) is 48.6 Å². The molecular formula is C34H49N3O5. The summed E-state index contributed by atoms with van der Waals surface area (Å²) >= 11 is 0. The Kier molecular flexibility index (Phi) is 12.0. The van der Waals surface area contributed by atoms with Crippen molar-refractivity contribution in [3.05, 3.63) is 65.2 Å². The van der Waals surface area contributed by atoms with Gasteiger partial charge in [0.1, 0.15) is 11.8 Å². The summed E-state index contributed by atoms with van der Waals surface area (Å²) < 4.78 is 6.05. The molecular weight excluding hydrogens is 530 g/mol. The summed E-state index contributed by atoms with van der Waals surface area (Å²) in [6, 6.07) is 15.0. The number of amides is 2. The number of rotatable bonds is 15. The van der Waals surface area contributed by atoms with Gasteiger partial charge in [-0.3, -0.25) is 14.4 Å². The Morgan fingerprint density at radius 1 is 1.07 bits per heavy atom. The van der Waals surface area contributed by atoms with Crippen LogP contribution >= 0.6 is 0 Å². The molecule has 1 fully saturated rings. The average molecular weight is 580 g/mol. The average Bonchev–Trinajstić information content (AvgIpc) is 2.95. The van der Waals surface area contributed by atoms with Crippen LogP contribution in [0.15, 0.2) is 48.5 Å². The Bertz CT molecular complexity index is 1190. The number of ether oxygens (including phenoxy) is 1. The number of carboxylic acid groups (broad SMARTS) is 1. The van der Waals surface area contributed by atoms with E-state index in [-0.39, 0.29) is 18.2 Å². The van der Waals surface area contributed by atoms with Gasteiger partial charge in [0.15, 0.2) is 0 Å². The predicted molar refractivity (Wildman–Crippen MR) is 165 cm³/mol. The molecule has 1 unspecified atom stereocenters. The maximum atomic E-state index is 13.5. The number of carboxylic acids is 1. The van der Waals surface area contributed by atoms with E-state index in [1.54, 1.807) is 27.7 Å². The van der Waals surface area contributed by atoms with Gasteiger partial charge >= 0.3 is 5.97 Å². The lowest BCUT2D eigenvalue weighted by atomic mass is 9.74. The van der Waals surface area contributed by atoms with E-state index < -0.39 is 22.8 Å². The van der Waals surface area contributed by atoms with Gasteiger partial charge in [-0.25, -0.2) is 0 Å². The maximum absolute atomic E-state index is 13.5. The molecule has 4 N–H and O–H groups in total. The van der Waals surface area contributed by atoms with Crippen LogP contribution in [0.2, 0.25) is 0 Å². The van der Waals surface area contributed by atoms with Crippen LogP contribution in [0.5, 0.6) is 5.75 Å². The number of carbonyl (C=O) groups excluding carboxylic acids is 2. The van der Waals surface area contributed by atoms with Crippen LogP contribution in [0.1, 0.15) is 76.5 Å². The lowest BCUT2D eigenvalue weighted by Crippen LogP contribution is -2.51. The number of aryl methyl sites for hydroxylation is 2. The zero-order chi connectivity index (χ0) is 30.8. The van der Waals surface area contributed by atoms with E-state index in [0.29, 0.717) is 31.9 Å². The van der Waals surface area contributed by atoms with Gasteiger partial charge in [0.2, 0.25) is 11.8 Å². The molecule has 3 rings (SSSR count). The Morgan fingerprint density at radius 2 is 1.81 bits per heavy atom. The number of benzene rings is 2. The zero-order valence-corrected chi connectivity index (χ0v) is 25.9. The molecule has 42 heavy (non-hydrogen) atoms. The van der Waals surface area contributed by atoms with Crippen LogP contribution in [0, 0.1) is 23.7 Å². The summed E-state index contributed by atoms with van der Waals surface area (Å²) in [5.74, 6) is -0.154. The number of carbonyl (C=O) groups is 3. The smallest absolute Gasteiger partial charge is 0.309 e. The minimum absolute atomic E-state index is 0.136. The molecule has 2 aromatic rings. The number of aliphatic carboxylic acids is 1. The molecule has 8 nitrogen and oxygen atoms in total. The molecule has 1 saturated heterocycles. The fraction of sp³-hybridized carbons (Fsp3) is 0.559. The molecule has 0 aliphatic carbocycles. The first kappa shape index (κ1) is 33.1. The van der Waals surface area contributed by atoms with Crippen LogP contribution < -0.4 is 20.7 Å². The second kappa shape index (κ2) is 15.2. The van der Waals surface area contributed by atoms with Crippen molar-refractivity contribution in [1.82, 2.24) is 16.0 Å². The van der Waals surface area contributed by atoms with Crippen molar-refractivity contribution in [2.45, 2.75) is 85.7 Å². The molecule has 0 bridgehead atoms. The number of hydrogen-bond acceptors (Lipinski definition) is 5. The minimum Gasteiger partial charge on any atom is -0.494 e. The Morgan fingerprint density at radius 3 is 2.48 bits per heavy atom. The Balaban J connectivity index is 1.65. The summed E-state index contributed by atoms with van der Waals surface area (Å²) in [4.78, 5) is 38.6. The molecule has 0 radical (unpaired) electrons. The third kappa shape index (κ3) is 10.2. The normalized spacial score (nSPS) is 16.4. The van der Waals surface area contributed by atoms with Crippen molar-refractivity contribution in [2.24, 2.45) is 16.7 Å². The van der Waals surface area contributed by atoms with Crippen molar-refractivity contribution in [1.29, 1.82) is 0 Å². The van der Waals surface area contributed by atoms with Crippen LogP contribution in [-0.2, 0) is 27.3 Å². The minimum atomic E-state index is -1.08. The van der Waals surface area contributed by atoms with Gasteiger partial charge in [0.25, 0.3) is 0 Å². The Hall–Kier alpha value is -3.39. The van der Waals surface area contributed by atoms with E-state index in [9.17, 15) is 19.5 Å². The molecule has 2 atom stereocenters.